The number of carbonyl (C=O) groups is 1. The van der Waals surface area contributed by atoms with E-state index in [9.17, 15) is 4.79 Å². The monoisotopic (exact) mass is 346 g/mol. The molecule has 110 valence electrons. The molecule has 2 aromatic rings. The minimum atomic E-state index is -0.671. The van der Waals surface area contributed by atoms with Crippen molar-refractivity contribution >= 4 is 21.7 Å². The highest BCUT2D eigenvalue weighted by atomic mass is 79.9. The van der Waals surface area contributed by atoms with E-state index < -0.39 is 10.4 Å². The number of aryl methyl sites for hydroxylation is 1. The van der Waals surface area contributed by atoms with Gasteiger partial charge in [-0.25, -0.2) is 0 Å². The number of ketones is 1. The second kappa shape index (κ2) is 6.44. The van der Waals surface area contributed by atoms with Crippen molar-refractivity contribution in [1.29, 1.82) is 0 Å². The van der Waals surface area contributed by atoms with Crippen LogP contribution in [0.3, 0.4) is 0 Å². The van der Waals surface area contributed by atoms with Crippen molar-refractivity contribution in [3.8, 4) is 5.75 Å². The third kappa shape index (κ3) is 3.73. The molecule has 21 heavy (non-hydrogen) atoms. The van der Waals surface area contributed by atoms with Crippen LogP contribution in [0, 0.1) is 6.92 Å². The Hall–Kier alpha value is -1.61. The molecule has 2 aromatic carbocycles. The van der Waals surface area contributed by atoms with Crippen molar-refractivity contribution in [1.82, 2.24) is 0 Å². The van der Waals surface area contributed by atoms with E-state index in [0.717, 1.165) is 11.1 Å². The third-order valence-corrected chi connectivity index (χ3v) is 4.18. The zero-order valence-electron chi connectivity index (χ0n) is 12.5. The van der Waals surface area contributed by atoms with Gasteiger partial charge in [-0.2, -0.15) is 0 Å². The zero-order chi connectivity index (χ0) is 15.5. The first kappa shape index (κ1) is 15.8. The topological polar surface area (TPSA) is 26.3 Å². The van der Waals surface area contributed by atoms with Gasteiger partial charge in [-0.1, -0.05) is 48.0 Å². The summed E-state index contributed by atoms with van der Waals surface area (Å²) in [5.74, 6) is 0.675. The van der Waals surface area contributed by atoms with Gasteiger partial charge in [0.1, 0.15) is 5.75 Å². The van der Waals surface area contributed by atoms with E-state index in [0.29, 0.717) is 5.75 Å². The van der Waals surface area contributed by atoms with Gasteiger partial charge in [0.2, 0.25) is 5.01 Å². The summed E-state index contributed by atoms with van der Waals surface area (Å²) in [7, 11) is 0. The van der Waals surface area contributed by atoms with Crippen LogP contribution >= 0.6 is 15.9 Å². The standard InChI is InChI=1S/C18H19BrO2/c1-13-9-11-15(12-10-13)21-17(19)16(20)18(2,3)14-7-5-4-6-8-14/h4-12,17H,1-3H3. The van der Waals surface area contributed by atoms with E-state index in [1.54, 1.807) is 0 Å². The number of alkyl halides is 1. The molecule has 0 aliphatic heterocycles. The van der Waals surface area contributed by atoms with Gasteiger partial charge < -0.3 is 4.74 Å². The SMILES string of the molecule is Cc1ccc(OC(Br)C(=O)C(C)(C)c2ccccc2)cc1. The van der Waals surface area contributed by atoms with Gasteiger partial charge in [0.15, 0.2) is 5.78 Å². The van der Waals surface area contributed by atoms with Gasteiger partial charge in [0.05, 0.1) is 5.41 Å². The van der Waals surface area contributed by atoms with Gasteiger partial charge in [0.25, 0.3) is 0 Å². The van der Waals surface area contributed by atoms with E-state index >= 15 is 0 Å². The Balaban J connectivity index is 2.13. The Morgan fingerprint density at radius 1 is 1.05 bits per heavy atom. The van der Waals surface area contributed by atoms with E-state index in [2.05, 4.69) is 15.9 Å². The number of carbonyl (C=O) groups excluding carboxylic acids is 1. The number of hydrogen-bond acceptors (Lipinski definition) is 2. The molecule has 0 radical (unpaired) electrons. The lowest BCUT2D eigenvalue weighted by molar-refractivity contribution is -0.126. The van der Waals surface area contributed by atoms with Crippen molar-refractivity contribution in [2.75, 3.05) is 0 Å². The summed E-state index contributed by atoms with van der Waals surface area (Å²) in [6, 6.07) is 17.4. The lowest BCUT2D eigenvalue weighted by Crippen LogP contribution is -2.37. The highest BCUT2D eigenvalue weighted by molar-refractivity contribution is 9.09. The summed E-state index contributed by atoms with van der Waals surface area (Å²) in [5, 5.41) is -0.671. The first-order valence-electron chi connectivity index (χ1n) is 6.88. The molecular formula is C18H19BrO2. The normalized spacial score (nSPS) is 12.8. The first-order chi connectivity index (χ1) is 9.91. The lowest BCUT2D eigenvalue weighted by Gasteiger charge is -2.26. The number of rotatable bonds is 5. The Morgan fingerprint density at radius 2 is 1.62 bits per heavy atom. The van der Waals surface area contributed by atoms with Crippen LogP contribution in [-0.2, 0) is 10.2 Å². The van der Waals surface area contributed by atoms with E-state index in [-0.39, 0.29) is 5.78 Å². The maximum atomic E-state index is 12.7. The second-order valence-electron chi connectivity index (χ2n) is 5.60. The predicted molar refractivity (Wildman–Crippen MR) is 89.0 cm³/mol. The molecule has 0 saturated carbocycles. The fourth-order valence-corrected chi connectivity index (χ4v) is 2.86. The van der Waals surface area contributed by atoms with Gasteiger partial charge in [0, 0.05) is 0 Å². The van der Waals surface area contributed by atoms with Crippen LogP contribution in [0.4, 0.5) is 0 Å². The average molecular weight is 347 g/mol. The molecule has 0 fully saturated rings. The van der Waals surface area contributed by atoms with Gasteiger partial charge in [-0.05, 0) is 54.4 Å². The van der Waals surface area contributed by atoms with E-state index in [1.807, 2.05) is 75.4 Å². The summed E-state index contributed by atoms with van der Waals surface area (Å²) in [6.45, 7) is 5.84. The Bertz CT molecular complexity index is 603. The van der Waals surface area contributed by atoms with E-state index in [4.69, 9.17) is 4.74 Å². The molecule has 0 amide bonds. The molecule has 0 aromatic heterocycles. The van der Waals surface area contributed by atoms with Gasteiger partial charge in [-0.15, -0.1) is 0 Å². The molecule has 1 unspecified atom stereocenters. The van der Waals surface area contributed by atoms with Crippen LogP contribution in [0.15, 0.2) is 54.6 Å². The maximum absolute atomic E-state index is 12.7. The summed E-state index contributed by atoms with van der Waals surface area (Å²) >= 11 is 3.36. The van der Waals surface area contributed by atoms with Crippen LogP contribution < -0.4 is 4.74 Å². The minimum absolute atomic E-state index is 0.00530. The number of benzene rings is 2. The number of Topliss-reactive ketones (excluding diaryl/α,β-unsaturated/α-hetero) is 1. The maximum Gasteiger partial charge on any atom is 0.211 e. The molecule has 3 heteroatoms. The van der Waals surface area contributed by atoms with Crippen LogP contribution in [0.25, 0.3) is 0 Å². The molecule has 0 N–H and O–H groups in total. The van der Waals surface area contributed by atoms with Gasteiger partial charge in [-0.3, -0.25) is 4.79 Å². The Kier molecular flexibility index (Phi) is 4.84. The molecule has 0 aliphatic carbocycles. The molecule has 2 nitrogen and oxygen atoms in total. The van der Waals surface area contributed by atoms with Crippen molar-refractivity contribution < 1.29 is 9.53 Å². The van der Waals surface area contributed by atoms with Crippen molar-refractivity contribution in [3.63, 3.8) is 0 Å². The van der Waals surface area contributed by atoms with Crippen molar-refractivity contribution in [2.45, 2.75) is 31.2 Å². The molecule has 0 aliphatic rings. The summed E-state index contributed by atoms with van der Waals surface area (Å²) in [6.07, 6.45) is 0. The van der Waals surface area contributed by atoms with Crippen LogP contribution in [-0.4, -0.2) is 10.8 Å². The number of hydrogen-bond donors (Lipinski definition) is 0. The summed E-state index contributed by atoms with van der Waals surface area (Å²) < 4.78 is 5.71. The lowest BCUT2D eigenvalue weighted by atomic mass is 9.81. The molecule has 2 rings (SSSR count). The number of halogens is 1. The average Bonchev–Trinajstić information content (AvgIpc) is 2.49. The smallest absolute Gasteiger partial charge is 0.211 e. The fraction of sp³-hybridized carbons (Fsp3) is 0.278. The fourth-order valence-electron chi connectivity index (χ4n) is 2.07. The molecule has 0 heterocycles. The number of ether oxygens (including phenoxy) is 1. The quantitative estimate of drug-likeness (QED) is 0.737. The highest BCUT2D eigenvalue weighted by Gasteiger charge is 2.35. The zero-order valence-corrected chi connectivity index (χ0v) is 14.1. The largest absolute Gasteiger partial charge is 0.471 e. The van der Waals surface area contributed by atoms with Crippen LogP contribution in [0.5, 0.6) is 5.75 Å². The first-order valence-corrected chi connectivity index (χ1v) is 7.80. The predicted octanol–water partition coefficient (Wildman–Crippen LogP) is 4.64. The van der Waals surface area contributed by atoms with Gasteiger partial charge >= 0.3 is 0 Å². The molecular weight excluding hydrogens is 328 g/mol. The Morgan fingerprint density at radius 3 is 2.19 bits per heavy atom. The van der Waals surface area contributed by atoms with Crippen molar-refractivity contribution in [2.24, 2.45) is 0 Å². The van der Waals surface area contributed by atoms with Crippen LogP contribution in [0.2, 0.25) is 0 Å². The third-order valence-electron chi connectivity index (χ3n) is 3.58. The van der Waals surface area contributed by atoms with Crippen LogP contribution in [0.1, 0.15) is 25.0 Å². The minimum Gasteiger partial charge on any atom is -0.471 e. The second-order valence-corrected chi connectivity index (χ2v) is 6.43. The Labute approximate surface area is 134 Å². The highest BCUT2D eigenvalue weighted by Crippen LogP contribution is 2.28. The van der Waals surface area contributed by atoms with Crippen molar-refractivity contribution in [3.05, 3.63) is 65.7 Å². The molecule has 0 bridgehead atoms. The molecule has 0 spiro atoms. The van der Waals surface area contributed by atoms with E-state index in [1.165, 1.54) is 0 Å². The molecule has 0 saturated heterocycles. The summed E-state index contributed by atoms with van der Waals surface area (Å²) in [5.41, 5.74) is 1.52. The summed E-state index contributed by atoms with van der Waals surface area (Å²) in [4.78, 5) is 12.7. The molecule has 1 atom stereocenters.